The van der Waals surface area contributed by atoms with E-state index in [9.17, 15) is 4.79 Å². The van der Waals surface area contributed by atoms with Gasteiger partial charge in [-0.3, -0.25) is 9.69 Å². The highest BCUT2D eigenvalue weighted by atomic mass is 16.7. The third kappa shape index (κ3) is 4.12. The summed E-state index contributed by atoms with van der Waals surface area (Å²) in [5, 5.41) is 13.8. The van der Waals surface area contributed by atoms with Crippen molar-refractivity contribution in [2.45, 2.75) is 26.4 Å². The van der Waals surface area contributed by atoms with E-state index >= 15 is 0 Å². The Morgan fingerprint density at radius 3 is 2.67 bits per heavy atom. The van der Waals surface area contributed by atoms with Gasteiger partial charge in [0.2, 0.25) is 6.79 Å². The molecule has 0 amide bonds. The number of aryl methyl sites for hydroxylation is 2. The maximum absolute atomic E-state index is 13.5. The summed E-state index contributed by atoms with van der Waals surface area (Å²) < 4.78 is 12.8. The molecule has 1 N–H and O–H groups in total. The summed E-state index contributed by atoms with van der Waals surface area (Å²) in [6.07, 6.45) is 0. The van der Waals surface area contributed by atoms with E-state index in [0.29, 0.717) is 17.9 Å². The van der Waals surface area contributed by atoms with Crippen LogP contribution in [0.4, 0.5) is 0 Å². The normalized spacial score (nSPS) is 17.1. The zero-order valence-electron chi connectivity index (χ0n) is 20.7. The standard InChI is InChI=1S/C26H29N7O3/c1-16-10-17(2)23-19(11-16)13-20(26(34)27-23)24(32-8-6-31(3)7-9-32)25-28-29-30-33(25)14-18-4-5-21-22(12-18)36-15-35-21/h4-5,10-13,24H,6-9,14-15H2,1-3H3,(H,27,34)/t24-/m1/s1. The Morgan fingerprint density at radius 1 is 1.03 bits per heavy atom. The van der Waals surface area contributed by atoms with E-state index < -0.39 is 0 Å². The zero-order valence-corrected chi connectivity index (χ0v) is 20.7. The van der Waals surface area contributed by atoms with Crippen molar-refractivity contribution in [3.05, 3.63) is 74.8 Å². The molecule has 186 valence electrons. The first kappa shape index (κ1) is 22.7. The molecule has 2 aliphatic heterocycles. The van der Waals surface area contributed by atoms with Gasteiger partial charge in [0.1, 0.15) is 6.04 Å². The molecule has 1 atom stereocenters. The van der Waals surface area contributed by atoms with Crippen molar-refractivity contribution in [2.24, 2.45) is 0 Å². The SMILES string of the molecule is Cc1cc(C)c2[nH]c(=O)c([C@H](c3nnnn3Cc3ccc4c(c3)OCO4)N3CCN(C)CC3)cc2c1. The fourth-order valence-electron chi connectivity index (χ4n) is 5.22. The van der Waals surface area contributed by atoms with Crippen LogP contribution in [-0.2, 0) is 6.54 Å². The van der Waals surface area contributed by atoms with Gasteiger partial charge in [-0.2, -0.15) is 0 Å². The number of tetrazole rings is 1. The Morgan fingerprint density at radius 2 is 1.83 bits per heavy atom. The molecular weight excluding hydrogens is 458 g/mol. The maximum Gasteiger partial charge on any atom is 0.253 e. The molecular formula is C26H29N7O3. The van der Waals surface area contributed by atoms with Gasteiger partial charge in [-0.05, 0) is 72.1 Å². The number of hydrogen-bond acceptors (Lipinski definition) is 8. The second-order valence-corrected chi connectivity index (χ2v) is 9.72. The van der Waals surface area contributed by atoms with Gasteiger partial charge in [-0.15, -0.1) is 5.10 Å². The van der Waals surface area contributed by atoms with Gasteiger partial charge in [-0.25, -0.2) is 4.68 Å². The number of H-pyrrole nitrogens is 1. The summed E-state index contributed by atoms with van der Waals surface area (Å²) in [4.78, 5) is 21.2. The van der Waals surface area contributed by atoms with Gasteiger partial charge >= 0.3 is 0 Å². The number of rotatable bonds is 5. The lowest BCUT2D eigenvalue weighted by atomic mass is 10.00. The summed E-state index contributed by atoms with van der Waals surface area (Å²) in [5.41, 5.74) is 4.60. The molecule has 4 heterocycles. The van der Waals surface area contributed by atoms with E-state index in [1.807, 2.05) is 31.2 Å². The van der Waals surface area contributed by atoms with E-state index in [4.69, 9.17) is 9.47 Å². The van der Waals surface area contributed by atoms with E-state index in [-0.39, 0.29) is 18.4 Å². The first-order valence-corrected chi connectivity index (χ1v) is 12.2. The number of benzene rings is 2. The molecule has 0 bridgehead atoms. The average Bonchev–Trinajstić information content (AvgIpc) is 3.51. The molecule has 1 fully saturated rings. The number of ether oxygens (including phenoxy) is 2. The molecule has 6 rings (SSSR count). The number of nitrogens with one attached hydrogen (secondary N) is 1. The van der Waals surface area contributed by atoms with Gasteiger partial charge < -0.3 is 19.4 Å². The Bertz CT molecular complexity index is 1490. The van der Waals surface area contributed by atoms with Crippen LogP contribution < -0.4 is 15.0 Å². The van der Waals surface area contributed by atoms with Crippen LogP contribution in [0.15, 0.2) is 41.2 Å². The summed E-state index contributed by atoms with van der Waals surface area (Å²) in [6, 6.07) is 11.7. The third-order valence-corrected chi connectivity index (χ3v) is 7.09. The number of fused-ring (bicyclic) bond motifs is 2. The van der Waals surface area contributed by atoms with Crippen LogP contribution in [0, 0.1) is 13.8 Å². The Balaban J connectivity index is 1.44. The van der Waals surface area contributed by atoms with Crippen LogP contribution in [0.2, 0.25) is 0 Å². The van der Waals surface area contributed by atoms with Crippen LogP contribution >= 0.6 is 0 Å². The summed E-state index contributed by atoms with van der Waals surface area (Å²) in [5.74, 6) is 2.10. The minimum Gasteiger partial charge on any atom is -0.454 e. The lowest BCUT2D eigenvalue weighted by molar-refractivity contribution is 0.121. The lowest BCUT2D eigenvalue weighted by Crippen LogP contribution is -2.47. The minimum absolute atomic E-state index is 0.115. The van der Waals surface area contributed by atoms with Crippen molar-refractivity contribution in [2.75, 3.05) is 40.0 Å². The van der Waals surface area contributed by atoms with Crippen molar-refractivity contribution >= 4 is 10.9 Å². The quantitative estimate of drug-likeness (QED) is 0.458. The molecule has 10 nitrogen and oxygen atoms in total. The highest BCUT2D eigenvalue weighted by Gasteiger charge is 2.32. The highest BCUT2D eigenvalue weighted by Crippen LogP contribution is 2.33. The summed E-state index contributed by atoms with van der Waals surface area (Å²) in [6.45, 7) is 8.20. The van der Waals surface area contributed by atoms with E-state index in [2.05, 4.69) is 56.4 Å². The Kier molecular flexibility index (Phi) is 5.69. The molecule has 4 aromatic rings. The third-order valence-electron chi connectivity index (χ3n) is 7.09. The molecule has 0 spiro atoms. The summed E-state index contributed by atoms with van der Waals surface area (Å²) >= 11 is 0. The van der Waals surface area contributed by atoms with Crippen molar-refractivity contribution in [3.63, 3.8) is 0 Å². The summed E-state index contributed by atoms with van der Waals surface area (Å²) in [7, 11) is 2.12. The average molecular weight is 488 g/mol. The first-order valence-electron chi connectivity index (χ1n) is 12.2. The van der Waals surface area contributed by atoms with Crippen molar-refractivity contribution in [1.29, 1.82) is 0 Å². The molecule has 0 aliphatic carbocycles. The van der Waals surface area contributed by atoms with Crippen LogP contribution in [0.3, 0.4) is 0 Å². The highest BCUT2D eigenvalue weighted by molar-refractivity contribution is 5.83. The number of pyridine rings is 1. The predicted molar refractivity (Wildman–Crippen MR) is 134 cm³/mol. The molecule has 10 heteroatoms. The number of nitrogens with zero attached hydrogens (tertiary/aromatic N) is 6. The van der Waals surface area contributed by atoms with Gasteiger partial charge in [0.25, 0.3) is 5.56 Å². The van der Waals surface area contributed by atoms with Gasteiger partial charge in [0, 0.05) is 31.7 Å². The van der Waals surface area contributed by atoms with Crippen molar-refractivity contribution < 1.29 is 9.47 Å². The molecule has 0 unspecified atom stereocenters. The molecule has 0 saturated carbocycles. The van der Waals surface area contributed by atoms with Gasteiger partial charge in [0.15, 0.2) is 17.3 Å². The molecule has 2 aromatic carbocycles. The number of aromatic nitrogens is 5. The fourth-order valence-corrected chi connectivity index (χ4v) is 5.22. The molecule has 36 heavy (non-hydrogen) atoms. The van der Waals surface area contributed by atoms with Gasteiger partial charge in [-0.1, -0.05) is 17.7 Å². The second-order valence-electron chi connectivity index (χ2n) is 9.72. The Labute approximate surface area is 208 Å². The maximum atomic E-state index is 13.5. The molecule has 0 radical (unpaired) electrons. The van der Waals surface area contributed by atoms with Crippen LogP contribution in [0.25, 0.3) is 10.9 Å². The molecule has 1 saturated heterocycles. The Hall–Kier alpha value is -3.76. The number of aromatic amines is 1. The second kappa shape index (κ2) is 9.03. The van der Waals surface area contributed by atoms with Crippen LogP contribution in [0.5, 0.6) is 11.5 Å². The zero-order chi connectivity index (χ0) is 24.8. The smallest absolute Gasteiger partial charge is 0.253 e. The largest absolute Gasteiger partial charge is 0.454 e. The van der Waals surface area contributed by atoms with E-state index in [0.717, 1.165) is 65.3 Å². The minimum atomic E-state index is -0.378. The fraction of sp³-hybridized carbons (Fsp3) is 0.385. The lowest BCUT2D eigenvalue weighted by Gasteiger charge is -2.37. The van der Waals surface area contributed by atoms with Crippen LogP contribution in [0.1, 0.15) is 34.1 Å². The van der Waals surface area contributed by atoms with Gasteiger partial charge in [0.05, 0.1) is 12.1 Å². The van der Waals surface area contributed by atoms with Crippen molar-refractivity contribution in [3.8, 4) is 11.5 Å². The number of hydrogen-bond donors (Lipinski definition) is 1. The predicted octanol–water partition coefficient (Wildman–Crippen LogP) is 2.25. The monoisotopic (exact) mass is 487 g/mol. The van der Waals surface area contributed by atoms with E-state index in [1.165, 1.54) is 0 Å². The number of likely N-dealkylation sites (N-methyl/N-ethyl adjacent to an activating group) is 1. The number of piperazine rings is 1. The van der Waals surface area contributed by atoms with E-state index in [1.54, 1.807) is 4.68 Å². The molecule has 2 aliphatic rings. The van der Waals surface area contributed by atoms with Crippen molar-refractivity contribution in [1.82, 2.24) is 35.0 Å². The molecule has 2 aromatic heterocycles. The first-order chi connectivity index (χ1) is 17.5. The van der Waals surface area contributed by atoms with Crippen LogP contribution in [-0.4, -0.2) is 75.0 Å². The topological polar surface area (TPSA) is 101 Å².